The van der Waals surface area contributed by atoms with E-state index in [-0.39, 0.29) is 18.5 Å². The summed E-state index contributed by atoms with van der Waals surface area (Å²) in [5, 5.41) is 0. The van der Waals surface area contributed by atoms with Crippen molar-refractivity contribution in [2.75, 3.05) is 6.61 Å². The molecule has 0 N–H and O–H groups in total. The van der Waals surface area contributed by atoms with Gasteiger partial charge in [-0.25, -0.2) is 0 Å². The number of esters is 1. The zero-order valence-electron chi connectivity index (χ0n) is 10.7. The van der Waals surface area contributed by atoms with Crippen LogP contribution in [0.2, 0.25) is 0 Å². The third-order valence-electron chi connectivity index (χ3n) is 2.52. The summed E-state index contributed by atoms with van der Waals surface area (Å²) < 4.78 is 10.7. The highest BCUT2D eigenvalue weighted by Gasteiger charge is 2.10. The predicted molar refractivity (Wildman–Crippen MR) is 67.2 cm³/mol. The SMILES string of the molecule is CCOC(=O)Cc1ccccc1O[C@@H](C)CC. The molecule has 0 radical (unpaired) electrons. The van der Waals surface area contributed by atoms with Gasteiger partial charge in [-0.05, 0) is 26.3 Å². The Hall–Kier alpha value is -1.51. The Kier molecular flexibility index (Phi) is 5.53. The maximum absolute atomic E-state index is 11.4. The van der Waals surface area contributed by atoms with Gasteiger partial charge >= 0.3 is 5.97 Å². The first-order valence-corrected chi connectivity index (χ1v) is 6.07. The van der Waals surface area contributed by atoms with Gasteiger partial charge in [0.15, 0.2) is 0 Å². The van der Waals surface area contributed by atoms with Crippen molar-refractivity contribution in [3.05, 3.63) is 29.8 Å². The molecule has 0 unspecified atom stereocenters. The molecule has 1 rings (SSSR count). The fourth-order valence-electron chi connectivity index (χ4n) is 1.43. The van der Waals surface area contributed by atoms with Crippen LogP contribution in [0, 0.1) is 0 Å². The molecule has 0 spiro atoms. The lowest BCUT2D eigenvalue weighted by atomic mass is 10.1. The van der Waals surface area contributed by atoms with Gasteiger partial charge in [-0.3, -0.25) is 4.79 Å². The van der Waals surface area contributed by atoms with Crippen LogP contribution in [0.4, 0.5) is 0 Å². The summed E-state index contributed by atoms with van der Waals surface area (Å²) in [6.45, 7) is 6.30. The van der Waals surface area contributed by atoms with E-state index in [2.05, 4.69) is 6.92 Å². The van der Waals surface area contributed by atoms with E-state index in [9.17, 15) is 4.79 Å². The van der Waals surface area contributed by atoms with Crippen LogP contribution in [0.15, 0.2) is 24.3 Å². The number of hydrogen-bond acceptors (Lipinski definition) is 3. The Labute approximate surface area is 103 Å². The number of hydrogen-bond donors (Lipinski definition) is 0. The minimum atomic E-state index is -0.215. The summed E-state index contributed by atoms with van der Waals surface area (Å²) in [6, 6.07) is 7.60. The monoisotopic (exact) mass is 236 g/mol. The molecular formula is C14H20O3. The van der Waals surface area contributed by atoms with Crippen molar-refractivity contribution >= 4 is 5.97 Å². The van der Waals surface area contributed by atoms with Crippen LogP contribution in [0.3, 0.4) is 0 Å². The van der Waals surface area contributed by atoms with E-state index in [1.807, 2.05) is 31.2 Å². The van der Waals surface area contributed by atoms with Crippen LogP contribution in [-0.2, 0) is 16.0 Å². The molecule has 3 heteroatoms. The Bertz CT molecular complexity index is 360. The molecule has 3 nitrogen and oxygen atoms in total. The van der Waals surface area contributed by atoms with Crippen LogP contribution in [0.25, 0.3) is 0 Å². The molecule has 17 heavy (non-hydrogen) atoms. The molecule has 94 valence electrons. The van der Waals surface area contributed by atoms with Crippen molar-refractivity contribution in [1.29, 1.82) is 0 Å². The van der Waals surface area contributed by atoms with Crippen molar-refractivity contribution in [3.63, 3.8) is 0 Å². The Morgan fingerprint density at radius 2 is 2.00 bits per heavy atom. The largest absolute Gasteiger partial charge is 0.490 e. The second-order valence-electron chi connectivity index (χ2n) is 3.93. The number of rotatable bonds is 6. The van der Waals surface area contributed by atoms with Crippen LogP contribution in [0.5, 0.6) is 5.75 Å². The Morgan fingerprint density at radius 1 is 1.29 bits per heavy atom. The Balaban J connectivity index is 2.73. The average Bonchev–Trinajstić information content (AvgIpc) is 2.31. The minimum absolute atomic E-state index is 0.151. The lowest BCUT2D eigenvalue weighted by molar-refractivity contribution is -0.142. The normalized spacial score (nSPS) is 11.9. The quantitative estimate of drug-likeness (QED) is 0.712. The van der Waals surface area contributed by atoms with E-state index in [1.54, 1.807) is 6.92 Å². The van der Waals surface area contributed by atoms with E-state index in [0.717, 1.165) is 17.7 Å². The summed E-state index contributed by atoms with van der Waals surface area (Å²) in [7, 11) is 0. The maximum atomic E-state index is 11.4. The number of para-hydroxylation sites is 1. The van der Waals surface area contributed by atoms with Gasteiger partial charge in [0, 0.05) is 5.56 Å². The highest BCUT2D eigenvalue weighted by Crippen LogP contribution is 2.20. The first-order chi connectivity index (χ1) is 8.17. The maximum Gasteiger partial charge on any atom is 0.310 e. The fraction of sp³-hybridized carbons (Fsp3) is 0.500. The first-order valence-electron chi connectivity index (χ1n) is 6.07. The van der Waals surface area contributed by atoms with Gasteiger partial charge in [0.2, 0.25) is 0 Å². The zero-order chi connectivity index (χ0) is 12.7. The number of carbonyl (C=O) groups is 1. The van der Waals surface area contributed by atoms with Crippen LogP contribution >= 0.6 is 0 Å². The molecule has 1 atom stereocenters. The summed E-state index contributed by atoms with van der Waals surface area (Å²) in [6.07, 6.45) is 1.35. The summed E-state index contributed by atoms with van der Waals surface area (Å²) >= 11 is 0. The molecule has 0 aliphatic carbocycles. The second kappa shape index (κ2) is 6.94. The number of benzene rings is 1. The van der Waals surface area contributed by atoms with Crippen molar-refractivity contribution in [1.82, 2.24) is 0 Å². The third-order valence-corrected chi connectivity index (χ3v) is 2.52. The van der Waals surface area contributed by atoms with Gasteiger partial charge in [0.25, 0.3) is 0 Å². The van der Waals surface area contributed by atoms with Gasteiger partial charge in [-0.2, -0.15) is 0 Å². The van der Waals surface area contributed by atoms with Gasteiger partial charge in [0.1, 0.15) is 5.75 Å². The lowest BCUT2D eigenvalue weighted by Crippen LogP contribution is -2.13. The standard InChI is InChI=1S/C14H20O3/c1-4-11(3)17-13-9-7-6-8-12(13)10-14(15)16-5-2/h6-9,11H,4-5,10H2,1-3H3/t11-/m0/s1. The highest BCUT2D eigenvalue weighted by molar-refractivity contribution is 5.73. The molecule has 1 aromatic carbocycles. The molecule has 0 amide bonds. The first kappa shape index (κ1) is 13.6. The van der Waals surface area contributed by atoms with Crippen molar-refractivity contribution in [3.8, 4) is 5.75 Å². The smallest absolute Gasteiger partial charge is 0.310 e. The molecule has 0 saturated heterocycles. The summed E-state index contributed by atoms with van der Waals surface area (Å²) in [5.74, 6) is 0.558. The molecule has 0 fully saturated rings. The van der Waals surface area contributed by atoms with Crippen molar-refractivity contribution < 1.29 is 14.3 Å². The third kappa shape index (κ3) is 4.47. The number of ether oxygens (including phenoxy) is 2. The van der Waals surface area contributed by atoms with E-state index < -0.39 is 0 Å². The molecule has 0 aromatic heterocycles. The second-order valence-corrected chi connectivity index (χ2v) is 3.93. The fourth-order valence-corrected chi connectivity index (χ4v) is 1.43. The zero-order valence-corrected chi connectivity index (χ0v) is 10.7. The van der Waals surface area contributed by atoms with Crippen LogP contribution in [-0.4, -0.2) is 18.7 Å². The molecule has 0 aliphatic rings. The summed E-state index contributed by atoms with van der Waals surface area (Å²) in [4.78, 5) is 11.4. The van der Waals surface area contributed by atoms with Crippen LogP contribution in [0.1, 0.15) is 32.8 Å². The Morgan fingerprint density at radius 3 is 2.65 bits per heavy atom. The van der Waals surface area contributed by atoms with Gasteiger partial charge in [0.05, 0.1) is 19.1 Å². The highest BCUT2D eigenvalue weighted by atomic mass is 16.5. The van der Waals surface area contributed by atoms with Gasteiger partial charge in [-0.15, -0.1) is 0 Å². The van der Waals surface area contributed by atoms with Gasteiger partial charge < -0.3 is 9.47 Å². The van der Waals surface area contributed by atoms with Crippen LogP contribution < -0.4 is 4.74 Å². The molecule has 0 aliphatic heterocycles. The lowest BCUT2D eigenvalue weighted by Gasteiger charge is -2.15. The minimum Gasteiger partial charge on any atom is -0.490 e. The van der Waals surface area contributed by atoms with Crippen molar-refractivity contribution in [2.24, 2.45) is 0 Å². The molecule has 0 saturated carbocycles. The van der Waals surface area contributed by atoms with Crippen molar-refractivity contribution in [2.45, 2.75) is 39.7 Å². The molecule has 0 heterocycles. The molecule has 1 aromatic rings. The summed E-state index contributed by atoms with van der Waals surface area (Å²) in [5.41, 5.74) is 0.881. The number of carbonyl (C=O) groups excluding carboxylic acids is 1. The predicted octanol–water partition coefficient (Wildman–Crippen LogP) is 2.97. The van der Waals surface area contributed by atoms with E-state index >= 15 is 0 Å². The van der Waals surface area contributed by atoms with E-state index in [0.29, 0.717) is 6.61 Å². The topological polar surface area (TPSA) is 35.5 Å². The average molecular weight is 236 g/mol. The molecular weight excluding hydrogens is 216 g/mol. The van der Waals surface area contributed by atoms with Gasteiger partial charge in [-0.1, -0.05) is 25.1 Å². The van der Waals surface area contributed by atoms with E-state index in [1.165, 1.54) is 0 Å². The van der Waals surface area contributed by atoms with E-state index in [4.69, 9.17) is 9.47 Å². The molecule has 0 bridgehead atoms.